The van der Waals surface area contributed by atoms with Crippen LogP contribution in [0.4, 0.5) is 0 Å². The van der Waals surface area contributed by atoms with E-state index in [0.29, 0.717) is 17.1 Å². The molecule has 0 aliphatic carbocycles. The van der Waals surface area contributed by atoms with Gasteiger partial charge in [0, 0.05) is 14.1 Å². The molecule has 0 bridgehead atoms. The van der Waals surface area contributed by atoms with E-state index in [1.807, 2.05) is 18.2 Å². The molecule has 0 aliphatic rings. The summed E-state index contributed by atoms with van der Waals surface area (Å²) in [6.45, 7) is -0.0911. The molecule has 0 unspecified atom stereocenters. The van der Waals surface area contributed by atoms with Crippen molar-refractivity contribution in [1.82, 2.24) is 4.90 Å². The number of thiocarbonyl (C=S) groups is 1. The van der Waals surface area contributed by atoms with E-state index >= 15 is 0 Å². The average Bonchev–Trinajstić information content (AvgIpc) is 2.74. The predicted octanol–water partition coefficient (Wildman–Crippen LogP) is 1.53. The maximum Gasteiger partial charge on any atom is 0.259 e. The summed E-state index contributed by atoms with van der Waals surface area (Å²) < 4.78 is 11.1. The number of benzene rings is 1. The topological polar surface area (TPSA) is 68.7 Å². The van der Waals surface area contributed by atoms with Gasteiger partial charge in [-0.15, -0.1) is 0 Å². The van der Waals surface area contributed by atoms with Crippen LogP contribution in [0.3, 0.4) is 0 Å². The molecule has 2 N–H and O–H groups in total. The molecule has 0 saturated carbocycles. The van der Waals surface area contributed by atoms with E-state index in [1.165, 1.54) is 4.90 Å². The third-order valence-electron chi connectivity index (χ3n) is 2.61. The van der Waals surface area contributed by atoms with Gasteiger partial charge in [0.15, 0.2) is 12.4 Å². The van der Waals surface area contributed by atoms with Gasteiger partial charge in [-0.2, -0.15) is 0 Å². The molecule has 1 amide bonds. The Morgan fingerprint density at radius 2 is 2.11 bits per heavy atom. The third kappa shape index (κ3) is 2.68. The molecule has 1 heterocycles. The molecule has 6 heteroatoms. The summed E-state index contributed by atoms with van der Waals surface area (Å²) in [7, 11) is 3.32. The minimum Gasteiger partial charge on any atom is -0.479 e. The van der Waals surface area contributed by atoms with Crippen LogP contribution in [-0.4, -0.2) is 36.5 Å². The minimum atomic E-state index is -0.154. The maximum absolute atomic E-state index is 11.6. The molecule has 2 aromatic rings. The Labute approximate surface area is 115 Å². The zero-order valence-corrected chi connectivity index (χ0v) is 11.5. The van der Waals surface area contributed by atoms with Crippen molar-refractivity contribution in [2.45, 2.75) is 0 Å². The average molecular weight is 278 g/mol. The van der Waals surface area contributed by atoms with Crippen LogP contribution in [-0.2, 0) is 4.79 Å². The zero-order valence-electron chi connectivity index (χ0n) is 10.7. The van der Waals surface area contributed by atoms with Gasteiger partial charge < -0.3 is 19.8 Å². The largest absolute Gasteiger partial charge is 0.479 e. The SMILES string of the molecule is CN(C)C(=O)COc1c(C(N)=S)oc2ccccc12. The molecule has 1 aromatic heterocycles. The minimum absolute atomic E-state index is 0.0911. The Kier molecular flexibility index (Phi) is 3.71. The van der Waals surface area contributed by atoms with E-state index in [4.69, 9.17) is 27.1 Å². The van der Waals surface area contributed by atoms with E-state index in [9.17, 15) is 4.79 Å². The van der Waals surface area contributed by atoms with Crippen molar-refractivity contribution in [3.8, 4) is 5.75 Å². The Balaban J connectivity index is 2.37. The number of furan rings is 1. The number of hydrogen-bond acceptors (Lipinski definition) is 4. The number of nitrogens with zero attached hydrogens (tertiary/aromatic N) is 1. The Morgan fingerprint density at radius 3 is 2.74 bits per heavy atom. The molecule has 100 valence electrons. The van der Waals surface area contributed by atoms with E-state index < -0.39 is 0 Å². The number of fused-ring (bicyclic) bond motifs is 1. The standard InChI is InChI=1S/C13H14N2O3S/c1-15(2)10(16)7-17-11-8-5-3-4-6-9(8)18-12(11)13(14)19/h3-6H,7H2,1-2H3,(H2,14,19). The zero-order chi connectivity index (χ0) is 14.0. The van der Waals surface area contributed by atoms with Crippen molar-refractivity contribution in [3.63, 3.8) is 0 Å². The first-order valence-electron chi connectivity index (χ1n) is 5.65. The highest BCUT2D eigenvalue weighted by Crippen LogP contribution is 2.32. The van der Waals surface area contributed by atoms with Crippen LogP contribution < -0.4 is 10.5 Å². The normalized spacial score (nSPS) is 10.4. The van der Waals surface area contributed by atoms with Crippen molar-refractivity contribution >= 4 is 34.1 Å². The van der Waals surface area contributed by atoms with Crippen molar-refractivity contribution in [3.05, 3.63) is 30.0 Å². The van der Waals surface area contributed by atoms with Crippen LogP contribution >= 0.6 is 12.2 Å². The van der Waals surface area contributed by atoms with Gasteiger partial charge in [-0.3, -0.25) is 4.79 Å². The Bertz CT molecular complexity index is 634. The van der Waals surface area contributed by atoms with Gasteiger partial charge in [-0.25, -0.2) is 0 Å². The number of ether oxygens (including phenoxy) is 1. The Morgan fingerprint density at radius 1 is 1.42 bits per heavy atom. The first-order chi connectivity index (χ1) is 9.00. The smallest absolute Gasteiger partial charge is 0.259 e. The highest BCUT2D eigenvalue weighted by molar-refractivity contribution is 7.80. The lowest BCUT2D eigenvalue weighted by molar-refractivity contribution is -0.130. The maximum atomic E-state index is 11.6. The first-order valence-corrected chi connectivity index (χ1v) is 6.06. The highest BCUT2D eigenvalue weighted by Gasteiger charge is 2.18. The van der Waals surface area contributed by atoms with Gasteiger partial charge in [-0.1, -0.05) is 24.4 Å². The number of rotatable bonds is 4. The lowest BCUT2D eigenvalue weighted by atomic mass is 10.2. The summed E-state index contributed by atoms with van der Waals surface area (Å²) in [4.78, 5) is 13.1. The van der Waals surface area contributed by atoms with Gasteiger partial charge in [0.2, 0.25) is 5.76 Å². The third-order valence-corrected chi connectivity index (χ3v) is 2.80. The fourth-order valence-corrected chi connectivity index (χ4v) is 1.72. The van der Waals surface area contributed by atoms with Gasteiger partial charge in [0.1, 0.15) is 10.6 Å². The monoisotopic (exact) mass is 278 g/mol. The molecule has 0 spiro atoms. The number of carbonyl (C=O) groups is 1. The second-order valence-electron chi connectivity index (χ2n) is 4.20. The van der Waals surface area contributed by atoms with Crippen LogP contribution in [0.5, 0.6) is 5.75 Å². The van der Waals surface area contributed by atoms with Crippen molar-refractivity contribution in [2.75, 3.05) is 20.7 Å². The lowest BCUT2D eigenvalue weighted by Crippen LogP contribution is -2.27. The number of hydrogen-bond donors (Lipinski definition) is 1. The molecule has 0 radical (unpaired) electrons. The van der Waals surface area contributed by atoms with Gasteiger partial charge in [0.25, 0.3) is 5.91 Å². The summed E-state index contributed by atoms with van der Waals surface area (Å²) in [6.07, 6.45) is 0. The summed E-state index contributed by atoms with van der Waals surface area (Å²) in [5.41, 5.74) is 6.23. The molecule has 0 aliphatic heterocycles. The second kappa shape index (κ2) is 5.27. The highest BCUT2D eigenvalue weighted by atomic mass is 32.1. The van der Waals surface area contributed by atoms with Crippen LogP contribution in [0.2, 0.25) is 0 Å². The van der Waals surface area contributed by atoms with E-state index in [1.54, 1.807) is 20.2 Å². The first kappa shape index (κ1) is 13.4. The molecular formula is C13H14N2O3S. The quantitative estimate of drug-likeness (QED) is 0.859. The molecular weight excluding hydrogens is 264 g/mol. The molecule has 0 atom stereocenters. The van der Waals surface area contributed by atoms with Gasteiger partial charge in [-0.05, 0) is 12.1 Å². The van der Waals surface area contributed by atoms with E-state index in [0.717, 1.165) is 5.39 Å². The summed E-state index contributed by atoms with van der Waals surface area (Å²) >= 11 is 4.93. The van der Waals surface area contributed by atoms with Crippen LogP contribution in [0.25, 0.3) is 11.0 Å². The number of para-hydroxylation sites is 1. The summed E-state index contributed by atoms with van der Waals surface area (Å²) in [5, 5.41) is 0.747. The van der Waals surface area contributed by atoms with E-state index in [2.05, 4.69) is 0 Å². The van der Waals surface area contributed by atoms with Crippen LogP contribution in [0.1, 0.15) is 5.76 Å². The lowest BCUT2D eigenvalue weighted by Gasteiger charge is -2.11. The Hall–Kier alpha value is -2.08. The van der Waals surface area contributed by atoms with Crippen molar-refractivity contribution in [2.24, 2.45) is 5.73 Å². The summed E-state index contributed by atoms with van der Waals surface area (Å²) in [6, 6.07) is 7.31. The van der Waals surface area contributed by atoms with Crippen LogP contribution in [0, 0.1) is 0 Å². The molecule has 19 heavy (non-hydrogen) atoms. The molecule has 1 aromatic carbocycles. The van der Waals surface area contributed by atoms with Gasteiger partial charge in [0.05, 0.1) is 5.39 Å². The summed E-state index contributed by atoms with van der Waals surface area (Å²) in [5.74, 6) is 0.556. The van der Waals surface area contributed by atoms with Crippen LogP contribution in [0.15, 0.2) is 28.7 Å². The van der Waals surface area contributed by atoms with Crippen molar-refractivity contribution in [1.29, 1.82) is 0 Å². The fraction of sp³-hybridized carbons (Fsp3) is 0.231. The predicted molar refractivity (Wildman–Crippen MR) is 76.3 cm³/mol. The van der Waals surface area contributed by atoms with Gasteiger partial charge >= 0.3 is 0 Å². The number of carbonyl (C=O) groups excluding carboxylic acids is 1. The second-order valence-corrected chi connectivity index (χ2v) is 4.64. The number of amides is 1. The van der Waals surface area contributed by atoms with Crippen molar-refractivity contribution < 1.29 is 13.9 Å². The molecule has 2 rings (SSSR count). The fourth-order valence-electron chi connectivity index (χ4n) is 1.59. The van der Waals surface area contributed by atoms with E-state index in [-0.39, 0.29) is 17.5 Å². The molecule has 0 saturated heterocycles. The number of likely N-dealkylation sites (N-methyl/N-ethyl adjacent to an activating group) is 1. The molecule has 0 fully saturated rings. The molecule has 5 nitrogen and oxygen atoms in total. The number of nitrogens with two attached hydrogens (primary N) is 1.